The number of amides is 1. The monoisotopic (exact) mass is 799 g/mol. The minimum absolute atomic E-state index is 0.0168. The zero-order valence-corrected chi connectivity index (χ0v) is 31.0. The van der Waals surface area contributed by atoms with Crippen LogP contribution in [0.1, 0.15) is 64.2 Å². The number of benzene rings is 3. The largest absolute Gasteiger partial charge is 0.545 e. The van der Waals surface area contributed by atoms with Gasteiger partial charge in [-0.3, -0.25) is 15.0 Å². The lowest BCUT2D eigenvalue weighted by Crippen LogP contribution is -2.53. The molecule has 2 bridgehead atoms. The van der Waals surface area contributed by atoms with Crippen molar-refractivity contribution >= 4 is 41.0 Å². The number of fused-ring (bicyclic) bond motifs is 3. The van der Waals surface area contributed by atoms with Crippen LogP contribution in [0.15, 0.2) is 73.1 Å². The zero-order chi connectivity index (χ0) is 38.8. The number of hydrogen-bond acceptors (Lipinski definition) is 8. The lowest BCUT2D eigenvalue weighted by molar-refractivity contribution is -0.904. The number of ether oxygens (including phenoxy) is 3. The van der Waals surface area contributed by atoms with Crippen LogP contribution in [0, 0.1) is 17.7 Å². The fourth-order valence-corrected chi connectivity index (χ4v) is 8.12. The van der Waals surface area contributed by atoms with Crippen molar-refractivity contribution in [3.63, 3.8) is 0 Å². The van der Waals surface area contributed by atoms with E-state index in [1.165, 1.54) is 65.8 Å². The Labute approximate surface area is 325 Å². The summed E-state index contributed by atoms with van der Waals surface area (Å²) in [5, 5.41) is 23.2. The number of halogens is 5. The number of nitrogens with zero attached hydrogens (tertiary/aromatic N) is 3. The summed E-state index contributed by atoms with van der Waals surface area (Å²) in [6, 6.07) is 14.3. The Morgan fingerprint density at radius 2 is 1.71 bits per heavy atom. The minimum atomic E-state index is -3.14. The second kappa shape index (κ2) is 16.6. The number of aromatic nitrogens is 1. The predicted octanol–water partition coefficient (Wildman–Crippen LogP) is 7.02. The highest BCUT2D eigenvalue weighted by Crippen LogP contribution is 2.42. The van der Waals surface area contributed by atoms with E-state index in [9.17, 15) is 33.1 Å². The molecule has 2 atom stereocenters. The molecule has 4 heterocycles. The van der Waals surface area contributed by atoms with Crippen molar-refractivity contribution in [2.24, 2.45) is 11.8 Å². The zero-order valence-electron chi connectivity index (χ0n) is 29.5. The van der Waals surface area contributed by atoms with Crippen molar-refractivity contribution in [3.05, 3.63) is 117 Å². The second-order valence-electron chi connectivity index (χ2n) is 14.2. The van der Waals surface area contributed by atoms with E-state index in [4.69, 9.17) is 37.4 Å². The molecule has 3 aliphatic heterocycles. The first kappa shape index (κ1) is 38.6. The SMILES string of the molecule is O=C([O-])c1cccc(CN(C(=O)O[C@H]2CN3CCC2CC3)c2cccc(F)c2)c1[C@@H](Cc1c(Cl)c[n+](O)cc1Cl)c1ccc(OC(F)F)c(OCC2CC2)c1. The highest BCUT2D eigenvalue weighted by atomic mass is 35.5. The van der Waals surface area contributed by atoms with Crippen molar-refractivity contribution in [2.75, 3.05) is 31.1 Å². The lowest BCUT2D eigenvalue weighted by atomic mass is 9.80. The van der Waals surface area contributed by atoms with E-state index in [2.05, 4.69) is 4.90 Å². The Balaban J connectivity index is 1.35. The van der Waals surface area contributed by atoms with E-state index in [0.29, 0.717) is 28.0 Å². The van der Waals surface area contributed by atoms with Crippen molar-refractivity contribution in [1.82, 2.24) is 4.90 Å². The van der Waals surface area contributed by atoms with E-state index < -0.39 is 30.4 Å². The molecule has 1 amide bonds. The molecule has 1 N–H and O–H groups in total. The van der Waals surface area contributed by atoms with Crippen LogP contribution < -0.4 is 24.2 Å². The number of pyridine rings is 1. The van der Waals surface area contributed by atoms with Crippen LogP contribution in [-0.2, 0) is 17.7 Å². The smallest absolute Gasteiger partial charge is 0.414 e. The molecule has 1 aromatic heterocycles. The summed E-state index contributed by atoms with van der Waals surface area (Å²) < 4.78 is 59.3. The molecule has 15 heteroatoms. The third-order valence-electron chi connectivity index (χ3n) is 10.5. The van der Waals surface area contributed by atoms with Gasteiger partial charge in [0.05, 0.1) is 24.8 Å². The molecule has 3 aromatic carbocycles. The average Bonchev–Trinajstić information content (AvgIpc) is 3.98. The molecule has 4 fully saturated rings. The fraction of sp³-hybridized carbons (Fsp3) is 0.375. The van der Waals surface area contributed by atoms with Gasteiger partial charge in [0.15, 0.2) is 11.5 Å². The number of carbonyl (C=O) groups is 2. The van der Waals surface area contributed by atoms with Gasteiger partial charge in [-0.15, -0.1) is 0 Å². The second-order valence-corrected chi connectivity index (χ2v) is 15.0. The molecule has 10 nitrogen and oxygen atoms in total. The number of hydrogen-bond donors (Lipinski definition) is 1. The van der Waals surface area contributed by atoms with Crippen molar-refractivity contribution in [1.29, 1.82) is 0 Å². The molecule has 0 unspecified atom stereocenters. The highest BCUT2D eigenvalue weighted by Gasteiger charge is 2.38. The van der Waals surface area contributed by atoms with Gasteiger partial charge >= 0.3 is 12.7 Å². The maximum absolute atomic E-state index is 14.7. The van der Waals surface area contributed by atoms with Crippen LogP contribution in [0.4, 0.5) is 23.7 Å². The first-order chi connectivity index (χ1) is 26.4. The summed E-state index contributed by atoms with van der Waals surface area (Å²) >= 11 is 13.2. The van der Waals surface area contributed by atoms with Gasteiger partial charge in [-0.05, 0) is 104 Å². The van der Waals surface area contributed by atoms with Crippen molar-refractivity contribution < 1.29 is 52.0 Å². The van der Waals surface area contributed by atoms with Crippen LogP contribution in [0.2, 0.25) is 10.0 Å². The normalized spacial score (nSPS) is 19.6. The predicted molar refractivity (Wildman–Crippen MR) is 193 cm³/mol. The third kappa shape index (κ3) is 9.06. The van der Waals surface area contributed by atoms with Crippen LogP contribution in [-0.4, -0.2) is 61.1 Å². The van der Waals surface area contributed by atoms with E-state index in [1.54, 1.807) is 12.1 Å². The molecule has 0 radical (unpaired) electrons. The van der Waals surface area contributed by atoms with Gasteiger partial charge in [0, 0.05) is 28.3 Å². The van der Waals surface area contributed by atoms with E-state index in [-0.39, 0.29) is 75.9 Å². The fourth-order valence-electron chi connectivity index (χ4n) is 7.52. The lowest BCUT2D eigenvalue weighted by Gasteiger charge is -2.44. The van der Waals surface area contributed by atoms with Crippen LogP contribution >= 0.6 is 23.2 Å². The number of carboxylic acids is 1. The Morgan fingerprint density at radius 1 is 0.982 bits per heavy atom. The van der Waals surface area contributed by atoms with Gasteiger partial charge in [-0.1, -0.05) is 53.5 Å². The molecule has 1 saturated carbocycles. The standard InChI is InChI=1S/C40H38Cl2F3N3O7/c41-32-19-47(52)20-33(42)31(32)17-30(25-9-10-34(54-39(44)45)35(15-25)53-22-23-7-8-23)37-26(3-1-6-29(37)38(49)50)18-48(28-5-2-4-27(43)16-28)40(51)55-36-21-46-13-11-24(36)12-14-46/h1-6,9-10,15-16,19-20,23-24,30,36,39H,7-8,11-14,17-18,21-22H2,(H-,49,50,52)/t30-,36-/m0/s1. The van der Waals surface area contributed by atoms with Gasteiger partial charge in [0.1, 0.15) is 22.0 Å². The number of carbonyl (C=O) groups excluding carboxylic acids is 2. The van der Waals surface area contributed by atoms with Crippen molar-refractivity contribution in [2.45, 2.75) is 57.3 Å². The number of anilines is 1. The maximum Gasteiger partial charge on any atom is 0.414 e. The first-order valence-electron chi connectivity index (χ1n) is 18.0. The Morgan fingerprint density at radius 3 is 2.35 bits per heavy atom. The summed E-state index contributed by atoms with van der Waals surface area (Å²) in [6.07, 6.45) is 4.85. The number of rotatable bonds is 14. The molecule has 1 aliphatic carbocycles. The molecular formula is C40H38Cl2F3N3O7. The van der Waals surface area contributed by atoms with Gasteiger partial charge in [-0.25, -0.2) is 9.18 Å². The number of alkyl halides is 2. The Kier molecular flexibility index (Phi) is 11.6. The Hall–Kier alpha value is -4.72. The number of piperidine rings is 3. The number of aromatic carboxylic acids is 1. The summed E-state index contributed by atoms with van der Waals surface area (Å²) in [6.45, 7) is -0.736. The molecular weight excluding hydrogens is 762 g/mol. The summed E-state index contributed by atoms with van der Waals surface area (Å²) in [5.74, 6) is -2.85. The van der Waals surface area contributed by atoms with E-state index in [0.717, 1.165) is 38.8 Å². The van der Waals surface area contributed by atoms with E-state index >= 15 is 0 Å². The van der Waals surface area contributed by atoms with Crippen LogP contribution in [0.25, 0.3) is 0 Å². The molecule has 290 valence electrons. The van der Waals surface area contributed by atoms with Crippen LogP contribution in [0.3, 0.4) is 0 Å². The molecule has 4 aliphatic rings. The molecule has 0 spiro atoms. The molecule has 55 heavy (non-hydrogen) atoms. The summed E-state index contributed by atoms with van der Waals surface area (Å²) in [4.78, 5) is 30.6. The Bertz CT molecular complexity index is 2040. The molecule has 3 saturated heterocycles. The molecule has 8 rings (SSSR count). The minimum Gasteiger partial charge on any atom is -0.545 e. The van der Waals surface area contributed by atoms with Crippen molar-refractivity contribution in [3.8, 4) is 11.5 Å². The van der Waals surface area contributed by atoms with E-state index in [1.807, 2.05) is 0 Å². The quantitative estimate of drug-likeness (QED) is 0.107. The van der Waals surface area contributed by atoms with Gasteiger partial charge < -0.3 is 24.1 Å². The van der Waals surface area contributed by atoms with Gasteiger partial charge in [0.2, 0.25) is 12.4 Å². The topological polar surface area (TPSA) is 115 Å². The first-order valence-corrected chi connectivity index (χ1v) is 18.8. The third-order valence-corrected chi connectivity index (χ3v) is 11.2. The number of carboxylic acid groups (broad SMARTS) is 1. The summed E-state index contributed by atoms with van der Waals surface area (Å²) in [7, 11) is 0. The van der Waals surface area contributed by atoms with Gasteiger partial charge in [0.25, 0.3) is 0 Å². The van der Waals surface area contributed by atoms with Gasteiger partial charge in [-0.2, -0.15) is 8.78 Å². The van der Waals surface area contributed by atoms with Crippen LogP contribution in [0.5, 0.6) is 11.5 Å². The molecule has 4 aromatic rings. The maximum atomic E-state index is 14.7. The highest BCUT2D eigenvalue weighted by molar-refractivity contribution is 6.35. The summed E-state index contributed by atoms with van der Waals surface area (Å²) in [5.41, 5.74) is 1.19. The average molecular weight is 801 g/mol.